The first kappa shape index (κ1) is 99.0. The maximum atomic E-state index is 12.4. The first-order valence-electron chi connectivity index (χ1n) is 37.3. The van der Waals surface area contributed by atoms with E-state index in [1.165, 1.54) is 45.4 Å². The maximum Gasteiger partial charge on any atom is 0.522 e. The molecule has 0 spiro atoms. The monoisotopic (exact) mass is 1550 g/mol. The molecule has 12 unspecified atom stereocenters. The molecule has 0 aromatic carbocycles. The topological polar surface area (TPSA) is 18.5 Å². The Bertz CT molecular complexity index is 2220. The van der Waals surface area contributed by atoms with Gasteiger partial charge >= 0.3 is 42.4 Å². The van der Waals surface area contributed by atoms with E-state index in [1.54, 1.807) is 21.0 Å². The van der Waals surface area contributed by atoms with Crippen molar-refractivity contribution in [3.05, 3.63) is 0 Å². The van der Waals surface area contributed by atoms with Gasteiger partial charge in [0.05, 0.1) is 30.5 Å². The highest BCUT2D eigenvalue weighted by atomic mass is 19.4. The van der Waals surface area contributed by atoms with Crippen molar-refractivity contribution in [2.45, 2.75) is 379 Å². The standard InChI is InChI=1S/2C7H11F3.3C6H8F4.C6H9F3O.2C6H10F2.2C6H11F.C6H12O.C6H12/c1-5-2-3-6(4-5)7(8,9)10;1-5-3-2-4-6(5)7(8,9)10;1-4-2-5(7,8)3-6(4,9)10;1-4-2-5(7,8)6(9,10)3-4;1-4-2-3-5(7,8)6(4,9)10;1-4-2-5(3-4)10-6(7,8)9;1-5-2-3-6(7,8)4-5;1-5-3-2-4-6(5,7)8;1-5-2-3-6(7)4-5;1-5-3-2-4-6(5)7;1-5-3-6(4-5)7-2;1-6-4-2-3-5-6/h2*5-6H,2-4H2,1H3;3*4H,2-3H2,1H3;4-5H,2-3H2,1H3;2*5H,2-4H2,1H3;2*5-6H,2-4H2,1H3;5-6H,3-4H2,1-2H3;6H,2-5H2,1H3. The maximum absolute atomic E-state index is 12.4. The molecule has 0 radical (unpaired) electrons. The molecule has 2 nitrogen and oxygen atoms in total. The number of ether oxygens (including phenoxy) is 2. The van der Waals surface area contributed by atoms with Gasteiger partial charge in [-0.2, -0.15) is 61.5 Å². The zero-order valence-electron chi connectivity index (χ0n) is 62.5. The lowest BCUT2D eigenvalue weighted by Gasteiger charge is -2.32. The molecule has 103 heavy (non-hydrogen) atoms. The van der Waals surface area contributed by atoms with Gasteiger partial charge in [-0.1, -0.05) is 134 Å². The Morgan fingerprint density at radius 2 is 0.825 bits per heavy atom. The molecule has 0 aromatic rings. The molecule has 29 heteroatoms. The van der Waals surface area contributed by atoms with Crippen molar-refractivity contribution in [3.8, 4) is 0 Å². The molecule has 618 valence electrons. The van der Waals surface area contributed by atoms with Crippen molar-refractivity contribution >= 4 is 0 Å². The van der Waals surface area contributed by atoms with E-state index >= 15 is 0 Å². The van der Waals surface area contributed by atoms with Crippen LogP contribution in [-0.4, -0.2) is 97.8 Å². The number of halogens is 27. The smallest absolute Gasteiger partial charge is 0.381 e. The lowest BCUT2D eigenvalue weighted by Crippen LogP contribution is -2.38. The zero-order chi connectivity index (χ0) is 79.9. The fourth-order valence-corrected chi connectivity index (χ4v) is 14.5. The molecule has 12 atom stereocenters. The van der Waals surface area contributed by atoms with Crippen LogP contribution in [0.4, 0.5) is 119 Å². The molecule has 12 saturated carbocycles. The Labute approximate surface area is 595 Å². The highest BCUT2D eigenvalue weighted by Crippen LogP contribution is 2.53. The highest BCUT2D eigenvalue weighted by molar-refractivity contribution is 4.96. The minimum Gasteiger partial charge on any atom is -0.381 e. The predicted molar refractivity (Wildman–Crippen MR) is 348 cm³/mol. The number of methoxy groups -OCH3 is 1. The first-order valence-corrected chi connectivity index (χ1v) is 37.3. The van der Waals surface area contributed by atoms with Gasteiger partial charge in [-0.3, -0.25) is 4.74 Å². The van der Waals surface area contributed by atoms with E-state index in [-0.39, 0.29) is 49.4 Å². The van der Waals surface area contributed by atoms with Crippen LogP contribution >= 0.6 is 0 Å². The molecule has 12 fully saturated rings. The SMILES string of the molecule is CC1CC(F)(F)C(F)(F)C1.CC1CC(F)(F)CC1(F)F.CC1CC(OC(F)(F)F)C1.CC1CCC(C(F)(F)F)C1.CC1CCC(F)(F)C1.CC1CCC(F)(F)C1(F)F.CC1CCC(F)C1.CC1CCCC1.CC1CCCC1(F)F.CC1CCCC1C(F)(F)F.CC1CCCC1F.COC1CC(C)C1. The van der Waals surface area contributed by atoms with Crippen LogP contribution in [-0.2, 0) is 9.47 Å². The van der Waals surface area contributed by atoms with Crippen molar-refractivity contribution in [1.82, 2.24) is 0 Å². The summed E-state index contributed by atoms with van der Waals surface area (Å²) >= 11 is 0. The third kappa shape index (κ3) is 38.0. The lowest BCUT2D eigenvalue weighted by atomic mass is 9.84. The van der Waals surface area contributed by atoms with Crippen molar-refractivity contribution in [2.24, 2.45) is 82.9 Å². The van der Waals surface area contributed by atoms with Gasteiger partial charge in [-0.05, 0) is 156 Å². The molecular weight excluding hydrogens is 1430 g/mol. The third-order valence-electron chi connectivity index (χ3n) is 21.8. The van der Waals surface area contributed by atoms with Crippen molar-refractivity contribution in [3.63, 3.8) is 0 Å². The fraction of sp³-hybridized carbons (Fsp3) is 1.00. The molecule has 0 N–H and O–H groups in total. The molecule has 0 saturated heterocycles. The number of rotatable bonds is 2. The van der Waals surface area contributed by atoms with E-state index in [9.17, 15) is 119 Å². The zero-order valence-corrected chi connectivity index (χ0v) is 62.5. The molecule has 0 aliphatic heterocycles. The minimum atomic E-state index is -4.44. The predicted octanol–water partition coefficient (Wildman–Crippen LogP) is 29.2. The average molecular weight is 1560 g/mol. The molecule has 0 bridgehead atoms. The Hall–Kier alpha value is -1.97. The van der Waals surface area contributed by atoms with Gasteiger partial charge in [0.25, 0.3) is 17.8 Å². The second-order valence-electron chi connectivity index (χ2n) is 32.6. The number of alkyl halides is 27. The van der Waals surface area contributed by atoms with E-state index in [2.05, 4.69) is 25.5 Å². The van der Waals surface area contributed by atoms with Gasteiger partial charge in [0.1, 0.15) is 12.3 Å². The largest absolute Gasteiger partial charge is 0.522 e. The Balaban J connectivity index is 0.000000564. The van der Waals surface area contributed by atoms with E-state index in [1.807, 2.05) is 27.7 Å². The molecular formula is C74H121F27O2. The van der Waals surface area contributed by atoms with Crippen LogP contribution in [0, 0.1) is 82.9 Å². The summed E-state index contributed by atoms with van der Waals surface area (Å²) in [6.45, 7) is 21.4. The summed E-state index contributed by atoms with van der Waals surface area (Å²) in [7, 11) is 1.79. The van der Waals surface area contributed by atoms with Crippen LogP contribution in [0.15, 0.2) is 0 Å². The van der Waals surface area contributed by atoms with Gasteiger partial charge in [-0.15, -0.1) is 13.2 Å². The summed E-state index contributed by atoms with van der Waals surface area (Å²) in [4.78, 5) is 0. The van der Waals surface area contributed by atoms with E-state index < -0.39 is 146 Å². The third-order valence-corrected chi connectivity index (χ3v) is 21.8. The quantitative estimate of drug-likeness (QED) is 0.257. The van der Waals surface area contributed by atoms with Gasteiger partial charge < -0.3 is 4.74 Å². The summed E-state index contributed by atoms with van der Waals surface area (Å²) in [6, 6.07) is 0. The normalized spacial score (nSPS) is 35.5. The molecule has 12 aliphatic carbocycles. The Morgan fingerprint density at radius 3 is 0.981 bits per heavy atom. The minimum absolute atomic E-state index is 0.0833. The molecule has 0 amide bonds. The van der Waals surface area contributed by atoms with Crippen LogP contribution in [0.3, 0.4) is 0 Å². The highest BCUT2D eigenvalue weighted by Gasteiger charge is 2.64. The molecule has 12 aliphatic rings. The summed E-state index contributed by atoms with van der Waals surface area (Å²) < 4.78 is 336. The molecule has 12 rings (SSSR count). The summed E-state index contributed by atoms with van der Waals surface area (Å²) in [6.07, 6.45) is 3.59. The van der Waals surface area contributed by atoms with Gasteiger partial charge in [-0.25, -0.2) is 43.9 Å². The first-order chi connectivity index (χ1) is 46.6. The summed E-state index contributed by atoms with van der Waals surface area (Å²) in [5, 5.41) is 0. The van der Waals surface area contributed by atoms with Crippen LogP contribution in [0.5, 0.6) is 0 Å². The van der Waals surface area contributed by atoms with Gasteiger partial charge in [0.2, 0.25) is 5.92 Å². The van der Waals surface area contributed by atoms with Crippen molar-refractivity contribution < 1.29 is 128 Å². The lowest BCUT2D eigenvalue weighted by molar-refractivity contribution is -0.353. The van der Waals surface area contributed by atoms with E-state index in [0.29, 0.717) is 75.2 Å². The van der Waals surface area contributed by atoms with Crippen molar-refractivity contribution in [1.29, 1.82) is 0 Å². The Morgan fingerprint density at radius 1 is 0.330 bits per heavy atom. The van der Waals surface area contributed by atoms with Crippen LogP contribution in [0.1, 0.15) is 289 Å². The molecule has 0 heterocycles. The molecule has 0 aromatic heterocycles. The fourth-order valence-electron chi connectivity index (χ4n) is 14.5. The average Bonchev–Trinajstić information content (AvgIpc) is 1.66. The van der Waals surface area contributed by atoms with Gasteiger partial charge in [0.15, 0.2) is 0 Å². The number of hydrogen-bond acceptors (Lipinski definition) is 2. The second-order valence-corrected chi connectivity index (χ2v) is 32.6. The number of hydrogen-bond donors (Lipinski definition) is 0. The second kappa shape index (κ2) is 42.4. The Kier molecular flexibility index (Phi) is 40.8. The van der Waals surface area contributed by atoms with E-state index in [0.717, 1.165) is 83.5 Å². The van der Waals surface area contributed by atoms with Crippen LogP contribution in [0.2, 0.25) is 0 Å². The summed E-state index contributed by atoms with van der Waals surface area (Å²) in [5.41, 5.74) is 0. The van der Waals surface area contributed by atoms with Gasteiger partial charge in [0, 0.05) is 69.8 Å². The summed E-state index contributed by atoms with van der Waals surface area (Å²) in [5.74, 6) is -27.7. The van der Waals surface area contributed by atoms with Crippen LogP contribution in [0.25, 0.3) is 0 Å². The van der Waals surface area contributed by atoms with Crippen molar-refractivity contribution in [2.75, 3.05) is 7.11 Å². The van der Waals surface area contributed by atoms with E-state index in [4.69, 9.17) is 4.74 Å². The van der Waals surface area contributed by atoms with Crippen LogP contribution < -0.4 is 0 Å².